The molecule has 0 aromatic carbocycles. The van der Waals surface area contributed by atoms with Crippen LogP contribution in [0.3, 0.4) is 0 Å². The molecule has 0 atom stereocenters. The molecule has 2 aromatic rings. The van der Waals surface area contributed by atoms with Crippen molar-refractivity contribution >= 4 is 11.3 Å². The predicted octanol–water partition coefficient (Wildman–Crippen LogP) is 2.55. The van der Waals surface area contributed by atoms with Crippen LogP contribution in [0.15, 0.2) is 11.6 Å². The van der Waals surface area contributed by atoms with Crippen LogP contribution in [0.25, 0.3) is 0 Å². The number of nitrogens with zero attached hydrogens (tertiary/aromatic N) is 3. The number of hydrogen-bond donors (Lipinski definition) is 1. The molecule has 2 aromatic heterocycles. The summed E-state index contributed by atoms with van der Waals surface area (Å²) in [6.07, 6.45) is 4.12. The summed E-state index contributed by atoms with van der Waals surface area (Å²) >= 11 is 1.72. The Morgan fingerprint density at radius 1 is 1.39 bits per heavy atom. The van der Waals surface area contributed by atoms with Crippen molar-refractivity contribution in [2.75, 3.05) is 13.6 Å². The van der Waals surface area contributed by atoms with Crippen molar-refractivity contribution in [2.24, 2.45) is 0 Å². The molecule has 4 nitrogen and oxygen atoms in total. The topological polar surface area (TPSA) is 44.8 Å². The fourth-order valence-corrected chi connectivity index (χ4v) is 2.80. The first-order valence-corrected chi connectivity index (χ1v) is 7.12. The normalized spacial score (nSPS) is 11.3. The first-order chi connectivity index (χ1) is 8.66. The molecule has 0 bridgehead atoms. The van der Waals surface area contributed by atoms with E-state index in [2.05, 4.69) is 41.0 Å². The molecule has 2 heterocycles. The zero-order chi connectivity index (χ0) is 13.0. The van der Waals surface area contributed by atoms with Crippen LogP contribution in [0.5, 0.6) is 0 Å². The average molecular weight is 264 g/mol. The van der Waals surface area contributed by atoms with E-state index in [1.165, 1.54) is 16.3 Å². The van der Waals surface area contributed by atoms with Gasteiger partial charge in [-0.15, -0.1) is 11.3 Å². The highest BCUT2D eigenvalue weighted by Crippen LogP contribution is 2.12. The average Bonchev–Trinajstić information content (AvgIpc) is 2.93. The molecule has 0 saturated heterocycles. The minimum atomic E-state index is 0.945. The van der Waals surface area contributed by atoms with Crippen LogP contribution in [-0.4, -0.2) is 33.7 Å². The van der Waals surface area contributed by atoms with Crippen molar-refractivity contribution in [2.45, 2.75) is 33.2 Å². The number of H-pyrrole nitrogens is 1. The Balaban J connectivity index is 1.75. The van der Waals surface area contributed by atoms with Crippen LogP contribution >= 0.6 is 11.3 Å². The first kappa shape index (κ1) is 13.2. The Hall–Kier alpha value is -1.20. The molecule has 2 rings (SSSR count). The molecule has 0 aliphatic carbocycles. The van der Waals surface area contributed by atoms with Crippen molar-refractivity contribution in [1.82, 2.24) is 20.1 Å². The van der Waals surface area contributed by atoms with Gasteiger partial charge in [0.25, 0.3) is 0 Å². The molecule has 0 saturated carbocycles. The molecule has 18 heavy (non-hydrogen) atoms. The van der Waals surface area contributed by atoms with Crippen molar-refractivity contribution in [3.05, 3.63) is 33.5 Å². The second kappa shape index (κ2) is 6.11. The Bertz CT molecular complexity index is 456. The van der Waals surface area contributed by atoms with E-state index >= 15 is 0 Å². The molecule has 0 unspecified atom stereocenters. The van der Waals surface area contributed by atoms with Crippen LogP contribution < -0.4 is 0 Å². The van der Waals surface area contributed by atoms with E-state index in [-0.39, 0.29) is 0 Å². The largest absolute Gasteiger partial charge is 0.300 e. The molecule has 0 aliphatic heterocycles. The lowest BCUT2D eigenvalue weighted by molar-refractivity contribution is 0.321. The lowest BCUT2D eigenvalue weighted by Crippen LogP contribution is -2.19. The number of aromatic nitrogens is 3. The summed E-state index contributed by atoms with van der Waals surface area (Å²) in [6.45, 7) is 6.19. The molecule has 98 valence electrons. The standard InChI is InChI=1S/C13H20N4S/c1-10-12(11(2)16-15-10)5-4-7-17(3)9-13-14-6-8-18-13/h6,8H,4-5,7,9H2,1-3H3,(H,15,16). The van der Waals surface area contributed by atoms with Gasteiger partial charge >= 0.3 is 0 Å². The number of aromatic amines is 1. The summed E-state index contributed by atoms with van der Waals surface area (Å²) in [5, 5.41) is 10.5. The summed E-state index contributed by atoms with van der Waals surface area (Å²) < 4.78 is 0. The second-order valence-electron chi connectivity index (χ2n) is 4.68. The third-order valence-corrected chi connectivity index (χ3v) is 3.90. The van der Waals surface area contributed by atoms with Gasteiger partial charge in [-0.05, 0) is 45.8 Å². The molecular weight excluding hydrogens is 244 g/mol. The van der Waals surface area contributed by atoms with Crippen molar-refractivity contribution < 1.29 is 0 Å². The van der Waals surface area contributed by atoms with Gasteiger partial charge in [-0.25, -0.2) is 4.98 Å². The van der Waals surface area contributed by atoms with Crippen molar-refractivity contribution in [1.29, 1.82) is 0 Å². The van der Waals surface area contributed by atoms with E-state index in [4.69, 9.17) is 0 Å². The third kappa shape index (κ3) is 3.40. The second-order valence-corrected chi connectivity index (χ2v) is 5.66. The van der Waals surface area contributed by atoms with Gasteiger partial charge < -0.3 is 0 Å². The third-order valence-electron chi connectivity index (χ3n) is 3.14. The molecule has 0 radical (unpaired) electrons. The fraction of sp³-hybridized carbons (Fsp3) is 0.538. The SMILES string of the molecule is Cc1n[nH]c(C)c1CCCN(C)Cc1nccs1. The zero-order valence-electron chi connectivity index (χ0n) is 11.2. The lowest BCUT2D eigenvalue weighted by atomic mass is 10.1. The zero-order valence-corrected chi connectivity index (χ0v) is 12.0. The predicted molar refractivity (Wildman–Crippen MR) is 74.8 cm³/mol. The van der Waals surface area contributed by atoms with Gasteiger partial charge in [0.2, 0.25) is 0 Å². The fourth-order valence-electron chi connectivity index (χ4n) is 2.11. The van der Waals surface area contributed by atoms with E-state index in [0.29, 0.717) is 0 Å². The number of thiazole rings is 1. The molecule has 0 aliphatic rings. The van der Waals surface area contributed by atoms with Gasteiger partial charge in [0.1, 0.15) is 5.01 Å². The Morgan fingerprint density at radius 2 is 2.22 bits per heavy atom. The van der Waals surface area contributed by atoms with Gasteiger partial charge in [-0.3, -0.25) is 10.00 Å². The molecule has 0 amide bonds. The van der Waals surface area contributed by atoms with E-state index < -0.39 is 0 Å². The van der Waals surface area contributed by atoms with Crippen LogP contribution in [0.2, 0.25) is 0 Å². The maximum absolute atomic E-state index is 4.30. The maximum atomic E-state index is 4.30. The quantitative estimate of drug-likeness (QED) is 0.872. The summed E-state index contributed by atoms with van der Waals surface area (Å²) in [5.41, 5.74) is 3.71. The summed E-state index contributed by atoms with van der Waals surface area (Å²) in [6, 6.07) is 0. The van der Waals surface area contributed by atoms with Gasteiger partial charge in [0, 0.05) is 17.3 Å². The minimum Gasteiger partial charge on any atom is -0.300 e. The van der Waals surface area contributed by atoms with Crippen molar-refractivity contribution in [3.8, 4) is 0 Å². The van der Waals surface area contributed by atoms with E-state index in [1.54, 1.807) is 11.3 Å². The maximum Gasteiger partial charge on any atom is 0.107 e. The molecule has 0 spiro atoms. The minimum absolute atomic E-state index is 0.945. The number of hydrogen-bond acceptors (Lipinski definition) is 4. The van der Waals surface area contributed by atoms with Crippen LogP contribution in [0.4, 0.5) is 0 Å². The van der Waals surface area contributed by atoms with Crippen LogP contribution in [0, 0.1) is 13.8 Å². The molecule has 1 N–H and O–H groups in total. The highest BCUT2D eigenvalue weighted by molar-refractivity contribution is 7.09. The molecule has 5 heteroatoms. The monoisotopic (exact) mass is 264 g/mol. The van der Waals surface area contributed by atoms with E-state index in [9.17, 15) is 0 Å². The van der Waals surface area contributed by atoms with Crippen LogP contribution in [-0.2, 0) is 13.0 Å². The highest BCUT2D eigenvalue weighted by Gasteiger charge is 2.07. The number of aryl methyl sites for hydroxylation is 2. The highest BCUT2D eigenvalue weighted by atomic mass is 32.1. The van der Waals surface area contributed by atoms with Gasteiger partial charge in [-0.1, -0.05) is 0 Å². The number of nitrogens with one attached hydrogen (secondary N) is 1. The summed E-state index contributed by atoms with van der Waals surface area (Å²) in [5.74, 6) is 0. The Labute approximate surface area is 112 Å². The van der Waals surface area contributed by atoms with E-state index in [1.807, 2.05) is 11.6 Å². The number of rotatable bonds is 6. The van der Waals surface area contributed by atoms with Gasteiger partial charge in [-0.2, -0.15) is 5.10 Å². The summed E-state index contributed by atoms with van der Waals surface area (Å²) in [4.78, 5) is 6.63. The lowest BCUT2D eigenvalue weighted by Gasteiger charge is -2.14. The smallest absolute Gasteiger partial charge is 0.107 e. The summed E-state index contributed by atoms with van der Waals surface area (Å²) in [7, 11) is 2.15. The van der Waals surface area contributed by atoms with E-state index in [0.717, 1.165) is 31.6 Å². The van der Waals surface area contributed by atoms with Crippen LogP contribution in [0.1, 0.15) is 28.4 Å². The Morgan fingerprint density at radius 3 is 2.83 bits per heavy atom. The molecule has 0 fully saturated rings. The Kier molecular flexibility index (Phi) is 4.49. The van der Waals surface area contributed by atoms with Crippen molar-refractivity contribution in [3.63, 3.8) is 0 Å². The van der Waals surface area contributed by atoms with Gasteiger partial charge in [0.05, 0.1) is 12.2 Å². The molecular formula is C13H20N4S. The van der Waals surface area contributed by atoms with Gasteiger partial charge in [0.15, 0.2) is 0 Å². The first-order valence-electron chi connectivity index (χ1n) is 6.24.